The highest BCUT2D eigenvalue weighted by atomic mass is 16.5. The molecule has 1 heteroatoms. The second-order valence-electron chi connectivity index (χ2n) is 4.43. The molecular weight excluding hydrogens is 160 g/mol. The fourth-order valence-electron chi connectivity index (χ4n) is 2.52. The Labute approximate surface area is 80.5 Å². The van der Waals surface area contributed by atoms with E-state index in [1.165, 1.54) is 24.0 Å². The monoisotopic (exact) mass is 178 g/mol. The first-order chi connectivity index (χ1) is 6.20. The van der Waals surface area contributed by atoms with E-state index in [0.717, 1.165) is 13.2 Å². The highest BCUT2D eigenvalue weighted by molar-refractivity contribution is 5.29. The van der Waals surface area contributed by atoms with Gasteiger partial charge in [0.25, 0.3) is 0 Å². The van der Waals surface area contributed by atoms with Crippen molar-refractivity contribution < 1.29 is 4.74 Å². The molecule has 0 amide bonds. The van der Waals surface area contributed by atoms with Gasteiger partial charge in [-0.25, -0.2) is 0 Å². The average Bonchev–Trinajstić information content (AvgIpc) is 2.02. The second kappa shape index (κ2) is 3.30. The van der Waals surface area contributed by atoms with E-state index in [2.05, 4.69) is 20.4 Å². The van der Waals surface area contributed by atoms with Crippen molar-refractivity contribution in [1.29, 1.82) is 0 Å². The van der Waals surface area contributed by atoms with Crippen LogP contribution in [0.25, 0.3) is 0 Å². The first-order valence-corrected chi connectivity index (χ1v) is 5.13. The number of fused-ring (bicyclic) bond motifs is 2. The predicted molar refractivity (Wildman–Crippen MR) is 54.5 cm³/mol. The molecule has 1 heterocycles. The van der Waals surface area contributed by atoms with E-state index < -0.39 is 0 Å². The largest absolute Gasteiger partial charge is 0.380 e. The van der Waals surface area contributed by atoms with Gasteiger partial charge >= 0.3 is 0 Å². The van der Waals surface area contributed by atoms with Crippen molar-refractivity contribution >= 4 is 0 Å². The van der Waals surface area contributed by atoms with E-state index in [9.17, 15) is 0 Å². The first kappa shape index (κ1) is 9.01. The summed E-state index contributed by atoms with van der Waals surface area (Å²) in [6.45, 7) is 10.4. The average molecular weight is 178 g/mol. The highest BCUT2D eigenvalue weighted by Crippen LogP contribution is 2.41. The minimum absolute atomic E-state index is 0.539. The van der Waals surface area contributed by atoms with Gasteiger partial charge in [-0.15, -0.1) is 0 Å². The van der Waals surface area contributed by atoms with Crippen LogP contribution in [0.5, 0.6) is 0 Å². The number of rotatable bonds is 0. The van der Waals surface area contributed by atoms with Crippen molar-refractivity contribution in [2.75, 3.05) is 13.2 Å². The zero-order valence-corrected chi connectivity index (χ0v) is 8.60. The zero-order chi connectivity index (χ0) is 9.42. The Balaban J connectivity index is 2.28. The van der Waals surface area contributed by atoms with Gasteiger partial charge in [-0.3, -0.25) is 0 Å². The van der Waals surface area contributed by atoms with Crippen LogP contribution in [-0.2, 0) is 4.74 Å². The van der Waals surface area contributed by atoms with Gasteiger partial charge in [0, 0.05) is 11.8 Å². The van der Waals surface area contributed by atoms with E-state index in [1.54, 1.807) is 5.57 Å². The van der Waals surface area contributed by atoms with E-state index in [-0.39, 0.29) is 0 Å². The molecule has 72 valence electrons. The Morgan fingerprint density at radius 3 is 2.85 bits per heavy atom. The van der Waals surface area contributed by atoms with Gasteiger partial charge in [0.05, 0.1) is 13.2 Å². The van der Waals surface area contributed by atoms with E-state index >= 15 is 0 Å². The highest BCUT2D eigenvalue weighted by Gasteiger charge is 2.33. The van der Waals surface area contributed by atoms with Crippen LogP contribution in [0.3, 0.4) is 0 Å². The minimum atomic E-state index is 0.539. The van der Waals surface area contributed by atoms with Crippen LogP contribution in [0.4, 0.5) is 0 Å². The molecule has 0 aromatic heterocycles. The molecule has 0 N–H and O–H groups in total. The lowest BCUT2D eigenvalue weighted by Gasteiger charge is -2.39. The maximum Gasteiger partial charge on any atom is 0.0569 e. The van der Waals surface area contributed by atoms with Crippen LogP contribution >= 0.6 is 0 Å². The number of hydrogen-bond donors (Lipinski definition) is 0. The summed E-state index contributed by atoms with van der Waals surface area (Å²) in [5, 5.41) is 0. The van der Waals surface area contributed by atoms with E-state index in [0.29, 0.717) is 11.8 Å². The van der Waals surface area contributed by atoms with Crippen molar-refractivity contribution in [3.63, 3.8) is 0 Å². The summed E-state index contributed by atoms with van der Waals surface area (Å²) >= 11 is 0. The summed E-state index contributed by atoms with van der Waals surface area (Å²) in [6.07, 6.45) is 2.51. The summed E-state index contributed by atoms with van der Waals surface area (Å²) < 4.78 is 5.59. The van der Waals surface area contributed by atoms with Crippen molar-refractivity contribution in [1.82, 2.24) is 0 Å². The third-order valence-corrected chi connectivity index (χ3v) is 3.40. The lowest BCUT2D eigenvalue weighted by atomic mass is 9.72. The molecule has 1 saturated heterocycles. The molecule has 2 aliphatic rings. The van der Waals surface area contributed by atoms with Crippen LogP contribution in [-0.4, -0.2) is 13.2 Å². The topological polar surface area (TPSA) is 9.23 Å². The van der Waals surface area contributed by atoms with Gasteiger partial charge in [-0.05, 0) is 26.7 Å². The molecule has 2 rings (SSSR count). The maximum absolute atomic E-state index is 5.59. The predicted octanol–water partition coefficient (Wildman–Crippen LogP) is 2.94. The van der Waals surface area contributed by atoms with Gasteiger partial charge in [0.15, 0.2) is 0 Å². The fraction of sp³-hybridized carbons (Fsp3) is 0.667. The standard InChI is InChI=1S/C12H18O/c1-8(2)11-5-4-10-6-13-7-12(11)9(10)3/h10,12H,3-7H2,1-2H3. The quantitative estimate of drug-likeness (QED) is 0.518. The summed E-state index contributed by atoms with van der Waals surface area (Å²) in [4.78, 5) is 0. The van der Waals surface area contributed by atoms with Crippen LogP contribution in [0.2, 0.25) is 0 Å². The molecule has 2 unspecified atom stereocenters. The second-order valence-corrected chi connectivity index (χ2v) is 4.43. The van der Waals surface area contributed by atoms with Crippen molar-refractivity contribution in [3.05, 3.63) is 23.3 Å². The summed E-state index contributed by atoms with van der Waals surface area (Å²) in [5.74, 6) is 1.18. The molecule has 13 heavy (non-hydrogen) atoms. The summed E-state index contributed by atoms with van der Waals surface area (Å²) in [5.41, 5.74) is 4.48. The molecule has 0 radical (unpaired) electrons. The fourth-order valence-corrected chi connectivity index (χ4v) is 2.52. The SMILES string of the molecule is C=C1C2CCC(=C(C)C)C1COC2. The van der Waals surface area contributed by atoms with Crippen LogP contribution in [0.15, 0.2) is 23.3 Å². The van der Waals surface area contributed by atoms with E-state index in [1.807, 2.05) is 0 Å². The molecule has 1 saturated carbocycles. The molecule has 0 aromatic rings. The van der Waals surface area contributed by atoms with Gasteiger partial charge in [0.1, 0.15) is 0 Å². The van der Waals surface area contributed by atoms with Gasteiger partial charge in [-0.2, -0.15) is 0 Å². The third kappa shape index (κ3) is 1.46. The smallest absolute Gasteiger partial charge is 0.0569 e. The number of hydrogen-bond acceptors (Lipinski definition) is 1. The Morgan fingerprint density at radius 1 is 1.38 bits per heavy atom. The normalized spacial score (nSPS) is 33.4. The Bertz CT molecular complexity index is 258. The van der Waals surface area contributed by atoms with Crippen molar-refractivity contribution in [2.45, 2.75) is 26.7 Å². The van der Waals surface area contributed by atoms with Crippen LogP contribution in [0.1, 0.15) is 26.7 Å². The zero-order valence-electron chi connectivity index (χ0n) is 8.60. The van der Waals surface area contributed by atoms with Crippen LogP contribution in [0, 0.1) is 11.8 Å². The number of allylic oxidation sites excluding steroid dienone is 1. The molecule has 0 aromatic carbocycles. The lowest BCUT2D eigenvalue weighted by Crippen LogP contribution is -2.33. The lowest BCUT2D eigenvalue weighted by molar-refractivity contribution is 0.0473. The molecule has 1 nitrogen and oxygen atoms in total. The molecular formula is C12H18O. The molecule has 0 spiro atoms. The number of ether oxygens (including phenoxy) is 1. The molecule has 2 atom stereocenters. The maximum atomic E-state index is 5.59. The summed E-state index contributed by atoms with van der Waals surface area (Å²) in [7, 11) is 0. The molecule has 1 aliphatic heterocycles. The Morgan fingerprint density at radius 2 is 2.15 bits per heavy atom. The molecule has 1 aliphatic carbocycles. The van der Waals surface area contributed by atoms with Crippen molar-refractivity contribution in [3.8, 4) is 0 Å². The van der Waals surface area contributed by atoms with Crippen molar-refractivity contribution in [2.24, 2.45) is 11.8 Å². The van der Waals surface area contributed by atoms with Gasteiger partial charge in [0.2, 0.25) is 0 Å². The Kier molecular flexibility index (Phi) is 2.29. The van der Waals surface area contributed by atoms with E-state index in [4.69, 9.17) is 4.74 Å². The third-order valence-electron chi connectivity index (χ3n) is 3.40. The van der Waals surface area contributed by atoms with Gasteiger partial charge < -0.3 is 4.74 Å². The first-order valence-electron chi connectivity index (χ1n) is 5.13. The van der Waals surface area contributed by atoms with Gasteiger partial charge in [-0.1, -0.05) is 23.3 Å². The molecule has 2 fully saturated rings. The minimum Gasteiger partial charge on any atom is -0.380 e. The molecule has 2 bridgehead atoms. The summed E-state index contributed by atoms with van der Waals surface area (Å²) in [6, 6.07) is 0. The Hall–Kier alpha value is -0.560. The van der Waals surface area contributed by atoms with Crippen LogP contribution < -0.4 is 0 Å².